The van der Waals surface area contributed by atoms with Crippen LogP contribution in [0, 0.1) is 5.92 Å². The smallest absolute Gasteiger partial charge is 0.142 e. The van der Waals surface area contributed by atoms with Crippen molar-refractivity contribution in [2.75, 3.05) is 13.2 Å². The van der Waals surface area contributed by atoms with Crippen LogP contribution in [0.5, 0.6) is 0 Å². The minimum atomic E-state index is -0.697. The summed E-state index contributed by atoms with van der Waals surface area (Å²) < 4.78 is 0. The Kier molecular flexibility index (Phi) is 2.83. The quantitative estimate of drug-likeness (QED) is 0.836. The Morgan fingerprint density at radius 1 is 1.10 bits per heavy atom. The zero-order chi connectivity index (χ0) is 14.3. The summed E-state index contributed by atoms with van der Waals surface area (Å²) in [6.07, 6.45) is 4.02. The molecular formula is C16H15N3O2. The lowest BCUT2D eigenvalue weighted by Gasteiger charge is -2.41. The fourth-order valence-electron chi connectivity index (χ4n) is 3.43. The maximum Gasteiger partial charge on any atom is 0.142 e. The number of carbonyl (C=O) groups excluding carboxylic acids is 1. The van der Waals surface area contributed by atoms with Crippen LogP contribution in [-0.4, -0.2) is 34.0 Å². The molecule has 2 aromatic heterocycles. The van der Waals surface area contributed by atoms with Gasteiger partial charge < -0.3 is 0 Å². The van der Waals surface area contributed by atoms with Gasteiger partial charge in [0.1, 0.15) is 11.3 Å². The molecule has 2 bridgehead atoms. The van der Waals surface area contributed by atoms with E-state index in [-0.39, 0.29) is 11.7 Å². The van der Waals surface area contributed by atoms with E-state index in [1.165, 1.54) is 0 Å². The van der Waals surface area contributed by atoms with Gasteiger partial charge in [-0.25, -0.2) is 0 Å². The number of pyridine rings is 2. The van der Waals surface area contributed by atoms with Crippen molar-refractivity contribution in [3.8, 4) is 0 Å². The number of carbonyl (C=O) groups is 1. The normalized spacial score (nSPS) is 26.8. The summed E-state index contributed by atoms with van der Waals surface area (Å²) in [4.78, 5) is 27.3. The van der Waals surface area contributed by atoms with Gasteiger partial charge in [0.05, 0.1) is 23.9 Å². The number of hydroxylamine groups is 2. The molecule has 0 aliphatic carbocycles. The van der Waals surface area contributed by atoms with E-state index in [0.29, 0.717) is 19.6 Å². The van der Waals surface area contributed by atoms with Crippen molar-refractivity contribution in [2.24, 2.45) is 5.92 Å². The number of hydrogen-bond acceptors (Lipinski definition) is 5. The summed E-state index contributed by atoms with van der Waals surface area (Å²) in [6.45, 7) is 0.967. The number of Topliss-reactive ketones (excluding diaryl/α,β-unsaturated/α-hetero) is 1. The zero-order valence-corrected chi connectivity index (χ0v) is 11.5. The van der Waals surface area contributed by atoms with E-state index in [4.69, 9.17) is 4.84 Å². The van der Waals surface area contributed by atoms with Gasteiger partial charge in [-0.1, -0.05) is 12.1 Å². The molecule has 2 unspecified atom stereocenters. The molecule has 21 heavy (non-hydrogen) atoms. The van der Waals surface area contributed by atoms with Gasteiger partial charge in [0, 0.05) is 25.4 Å². The zero-order valence-electron chi connectivity index (χ0n) is 11.5. The molecule has 0 spiro atoms. The monoisotopic (exact) mass is 281 g/mol. The third kappa shape index (κ3) is 1.68. The molecule has 106 valence electrons. The van der Waals surface area contributed by atoms with Crippen LogP contribution in [0.15, 0.2) is 48.8 Å². The Labute approximate surface area is 122 Å². The van der Waals surface area contributed by atoms with E-state index >= 15 is 0 Å². The standard InChI is InChI=1S/C16H15N3O2/c20-13-7-10-19-16(12(13)11-21-19,14-5-1-3-8-17-14)15-6-2-4-9-18-15/h1-6,8-9,12H,7,10-11H2. The summed E-state index contributed by atoms with van der Waals surface area (Å²) in [7, 11) is 0. The van der Waals surface area contributed by atoms with Gasteiger partial charge in [0.2, 0.25) is 0 Å². The highest BCUT2D eigenvalue weighted by Gasteiger charge is 2.59. The fraction of sp³-hybridized carbons (Fsp3) is 0.312. The van der Waals surface area contributed by atoms with E-state index in [2.05, 4.69) is 9.97 Å². The van der Waals surface area contributed by atoms with Crippen LogP contribution in [-0.2, 0) is 15.2 Å². The molecular weight excluding hydrogens is 266 g/mol. The average molecular weight is 281 g/mol. The topological polar surface area (TPSA) is 55.3 Å². The molecule has 0 N–H and O–H groups in total. The van der Waals surface area contributed by atoms with Crippen molar-refractivity contribution >= 4 is 5.78 Å². The Hall–Kier alpha value is -2.11. The van der Waals surface area contributed by atoms with Crippen LogP contribution >= 0.6 is 0 Å². The van der Waals surface area contributed by atoms with Crippen LogP contribution in [0.1, 0.15) is 17.8 Å². The predicted molar refractivity (Wildman–Crippen MR) is 75.0 cm³/mol. The van der Waals surface area contributed by atoms with Crippen molar-refractivity contribution in [1.29, 1.82) is 0 Å². The molecule has 2 aliphatic heterocycles. The molecule has 4 rings (SSSR count). The molecule has 2 aliphatic rings. The highest BCUT2D eigenvalue weighted by molar-refractivity contribution is 5.85. The predicted octanol–water partition coefficient (Wildman–Crippen LogP) is 1.56. The number of ketones is 1. The molecule has 2 saturated heterocycles. The molecule has 2 fully saturated rings. The Bertz CT molecular complexity index is 620. The van der Waals surface area contributed by atoms with Crippen LogP contribution in [0.4, 0.5) is 0 Å². The van der Waals surface area contributed by atoms with Crippen molar-refractivity contribution < 1.29 is 9.63 Å². The van der Waals surface area contributed by atoms with Crippen LogP contribution in [0.3, 0.4) is 0 Å². The molecule has 0 aromatic carbocycles. The fourth-order valence-corrected chi connectivity index (χ4v) is 3.43. The SMILES string of the molecule is O=C1CCN2OCC1C2(c1ccccn1)c1ccccn1. The lowest BCUT2D eigenvalue weighted by Crippen LogP contribution is -2.53. The third-order valence-corrected chi connectivity index (χ3v) is 4.36. The second-order valence-corrected chi connectivity index (χ2v) is 5.36. The lowest BCUT2D eigenvalue weighted by molar-refractivity contribution is -0.167. The first-order valence-electron chi connectivity index (χ1n) is 7.10. The van der Waals surface area contributed by atoms with E-state index in [0.717, 1.165) is 11.4 Å². The van der Waals surface area contributed by atoms with E-state index in [9.17, 15) is 4.79 Å². The minimum absolute atomic E-state index is 0.222. The van der Waals surface area contributed by atoms with Gasteiger partial charge in [-0.05, 0) is 24.3 Å². The van der Waals surface area contributed by atoms with Gasteiger partial charge in [0.15, 0.2) is 0 Å². The van der Waals surface area contributed by atoms with Crippen molar-refractivity contribution in [3.63, 3.8) is 0 Å². The first-order valence-corrected chi connectivity index (χ1v) is 7.10. The summed E-state index contributed by atoms with van der Waals surface area (Å²) in [5.74, 6) is -0.0314. The number of nitrogens with zero attached hydrogens (tertiary/aromatic N) is 3. The maximum absolute atomic E-state index is 12.5. The molecule has 2 aromatic rings. The molecule has 4 heterocycles. The van der Waals surface area contributed by atoms with Gasteiger partial charge in [-0.15, -0.1) is 0 Å². The first kappa shape index (κ1) is 12.6. The Morgan fingerprint density at radius 2 is 1.76 bits per heavy atom. The van der Waals surface area contributed by atoms with E-state index in [1.807, 2.05) is 41.5 Å². The highest BCUT2D eigenvalue weighted by Crippen LogP contribution is 2.48. The van der Waals surface area contributed by atoms with Crippen molar-refractivity contribution in [2.45, 2.75) is 12.0 Å². The summed E-state index contributed by atoms with van der Waals surface area (Å²) >= 11 is 0. The molecule has 2 atom stereocenters. The van der Waals surface area contributed by atoms with Crippen LogP contribution in [0.25, 0.3) is 0 Å². The number of piperidine rings is 1. The van der Waals surface area contributed by atoms with E-state index in [1.54, 1.807) is 12.4 Å². The van der Waals surface area contributed by atoms with Crippen LogP contribution < -0.4 is 0 Å². The Balaban J connectivity index is 1.98. The summed E-state index contributed by atoms with van der Waals surface area (Å²) in [5, 5.41) is 1.89. The maximum atomic E-state index is 12.5. The highest BCUT2D eigenvalue weighted by atomic mass is 16.7. The van der Waals surface area contributed by atoms with Crippen molar-refractivity contribution in [1.82, 2.24) is 15.0 Å². The number of hydrogen-bond donors (Lipinski definition) is 0. The summed E-state index contributed by atoms with van der Waals surface area (Å²) in [5.41, 5.74) is 0.941. The molecule has 0 saturated carbocycles. The molecule has 0 amide bonds. The summed E-state index contributed by atoms with van der Waals surface area (Å²) in [6, 6.07) is 11.5. The molecule has 5 heteroatoms. The molecule has 0 radical (unpaired) electrons. The second-order valence-electron chi connectivity index (χ2n) is 5.36. The second kappa shape index (κ2) is 4.72. The lowest BCUT2D eigenvalue weighted by atomic mass is 9.73. The first-order chi connectivity index (χ1) is 10.3. The van der Waals surface area contributed by atoms with Gasteiger partial charge >= 0.3 is 0 Å². The van der Waals surface area contributed by atoms with E-state index < -0.39 is 5.54 Å². The number of rotatable bonds is 2. The number of aromatic nitrogens is 2. The third-order valence-electron chi connectivity index (χ3n) is 4.36. The van der Waals surface area contributed by atoms with Crippen molar-refractivity contribution in [3.05, 3.63) is 60.2 Å². The minimum Gasteiger partial charge on any atom is -0.299 e. The number of fused-ring (bicyclic) bond motifs is 2. The van der Waals surface area contributed by atoms with Gasteiger partial charge in [0.25, 0.3) is 0 Å². The molecule has 5 nitrogen and oxygen atoms in total. The van der Waals surface area contributed by atoms with Crippen LogP contribution in [0.2, 0.25) is 0 Å². The average Bonchev–Trinajstić information content (AvgIpc) is 2.84. The largest absolute Gasteiger partial charge is 0.299 e. The van der Waals surface area contributed by atoms with Gasteiger partial charge in [-0.2, -0.15) is 5.06 Å². The van der Waals surface area contributed by atoms with Gasteiger partial charge in [-0.3, -0.25) is 19.6 Å². The Morgan fingerprint density at radius 3 is 2.33 bits per heavy atom.